The van der Waals surface area contributed by atoms with Crippen molar-refractivity contribution in [3.63, 3.8) is 0 Å². The number of nitrogens with zero attached hydrogens (tertiary/aromatic N) is 4. The van der Waals surface area contributed by atoms with Crippen molar-refractivity contribution in [2.75, 3.05) is 18.0 Å². The normalized spacial score (nSPS) is 17.4. The monoisotopic (exact) mass is 340 g/mol. The summed E-state index contributed by atoms with van der Waals surface area (Å²) in [5.41, 5.74) is 6.29. The maximum absolute atomic E-state index is 4.91. The molecule has 1 aliphatic rings. The highest BCUT2D eigenvalue weighted by Crippen LogP contribution is 2.32. The van der Waals surface area contributed by atoms with Crippen LogP contribution in [0.3, 0.4) is 0 Å². The average Bonchev–Trinajstić information content (AvgIpc) is 2.82. The Morgan fingerprint density at radius 2 is 1.64 bits per heavy atom. The van der Waals surface area contributed by atoms with Crippen LogP contribution in [0.15, 0.2) is 12.1 Å². The van der Waals surface area contributed by atoms with Crippen LogP contribution in [0.4, 0.5) is 5.82 Å². The zero-order chi connectivity index (χ0) is 18.4. The fourth-order valence-electron chi connectivity index (χ4n) is 4.01. The van der Waals surface area contributed by atoms with Gasteiger partial charge in [0.1, 0.15) is 5.82 Å². The molecule has 0 N–H and O–H groups in total. The van der Waals surface area contributed by atoms with Crippen molar-refractivity contribution in [2.45, 2.75) is 67.2 Å². The second-order valence-electron chi connectivity index (χ2n) is 8.58. The quantitative estimate of drug-likeness (QED) is 0.793. The number of aromatic nitrogens is 3. The summed E-state index contributed by atoms with van der Waals surface area (Å²) in [6.07, 6.45) is 2.45. The largest absolute Gasteiger partial charge is 0.357 e. The van der Waals surface area contributed by atoms with E-state index in [-0.39, 0.29) is 0 Å². The zero-order valence-electron chi connectivity index (χ0n) is 16.8. The number of anilines is 1. The van der Waals surface area contributed by atoms with Crippen LogP contribution >= 0.6 is 0 Å². The van der Waals surface area contributed by atoms with Gasteiger partial charge in [-0.3, -0.25) is 0 Å². The van der Waals surface area contributed by atoms with Gasteiger partial charge in [0.15, 0.2) is 0 Å². The highest BCUT2D eigenvalue weighted by atomic mass is 15.3. The summed E-state index contributed by atoms with van der Waals surface area (Å²) in [5, 5.41) is 4.79. The Labute approximate surface area is 152 Å². The molecule has 0 spiro atoms. The Balaban J connectivity index is 1.90. The maximum Gasteiger partial charge on any atom is 0.128 e. The van der Waals surface area contributed by atoms with Crippen molar-refractivity contribution in [3.8, 4) is 5.69 Å². The van der Waals surface area contributed by atoms with Gasteiger partial charge in [0.2, 0.25) is 0 Å². The van der Waals surface area contributed by atoms with Gasteiger partial charge in [0.05, 0.1) is 17.1 Å². The highest BCUT2D eigenvalue weighted by molar-refractivity contribution is 5.48. The molecule has 136 valence electrons. The van der Waals surface area contributed by atoms with Gasteiger partial charge in [0.25, 0.3) is 0 Å². The van der Waals surface area contributed by atoms with E-state index < -0.39 is 0 Å². The summed E-state index contributed by atoms with van der Waals surface area (Å²) in [5.74, 6) is 1.58. The molecule has 0 aliphatic carbocycles. The van der Waals surface area contributed by atoms with Gasteiger partial charge in [-0.25, -0.2) is 9.67 Å². The molecule has 2 aromatic heterocycles. The van der Waals surface area contributed by atoms with E-state index in [1.165, 1.54) is 24.1 Å². The summed E-state index contributed by atoms with van der Waals surface area (Å²) in [7, 11) is 0. The number of hydrogen-bond donors (Lipinski definition) is 0. The Kier molecular flexibility index (Phi) is 4.65. The minimum Gasteiger partial charge on any atom is -0.357 e. The highest BCUT2D eigenvalue weighted by Gasteiger charge is 2.26. The molecule has 1 fully saturated rings. The topological polar surface area (TPSA) is 34.0 Å². The molecule has 2 aromatic rings. The molecule has 1 aliphatic heterocycles. The SMILES string of the molecule is Cc1nc(N2CCC(C)(C)CC2)ccc1-n1nc(C)c(C(C)C)c1C. The molecule has 4 heteroatoms. The van der Waals surface area contributed by atoms with Crippen LogP contribution in [0.5, 0.6) is 0 Å². The van der Waals surface area contributed by atoms with Gasteiger partial charge < -0.3 is 4.90 Å². The van der Waals surface area contributed by atoms with Crippen LogP contribution in [-0.2, 0) is 0 Å². The minimum absolute atomic E-state index is 0.461. The van der Waals surface area contributed by atoms with Crippen LogP contribution in [0.25, 0.3) is 5.69 Å². The van der Waals surface area contributed by atoms with Crippen molar-refractivity contribution in [2.24, 2.45) is 5.41 Å². The van der Waals surface area contributed by atoms with Gasteiger partial charge >= 0.3 is 0 Å². The number of aryl methyl sites for hydroxylation is 2. The average molecular weight is 341 g/mol. The summed E-state index contributed by atoms with van der Waals surface area (Å²) in [6, 6.07) is 4.34. The fraction of sp³-hybridized carbons (Fsp3) is 0.619. The molecular formula is C21H32N4. The van der Waals surface area contributed by atoms with Crippen LogP contribution in [-0.4, -0.2) is 27.9 Å². The molecule has 4 nitrogen and oxygen atoms in total. The maximum atomic E-state index is 4.91. The fourth-order valence-corrected chi connectivity index (χ4v) is 4.01. The second-order valence-corrected chi connectivity index (χ2v) is 8.58. The van der Waals surface area contributed by atoms with Crippen LogP contribution in [0.1, 0.15) is 69.1 Å². The van der Waals surface area contributed by atoms with E-state index >= 15 is 0 Å². The summed E-state index contributed by atoms with van der Waals surface area (Å²) in [4.78, 5) is 7.33. The Morgan fingerprint density at radius 3 is 2.16 bits per heavy atom. The smallest absolute Gasteiger partial charge is 0.128 e. The summed E-state index contributed by atoms with van der Waals surface area (Å²) >= 11 is 0. The van der Waals surface area contributed by atoms with E-state index in [9.17, 15) is 0 Å². The van der Waals surface area contributed by atoms with Crippen molar-refractivity contribution in [1.29, 1.82) is 0 Å². The Hall–Kier alpha value is -1.84. The minimum atomic E-state index is 0.461. The molecule has 0 aromatic carbocycles. The first-order chi connectivity index (χ1) is 11.7. The number of pyridine rings is 1. The molecule has 0 amide bonds. The molecule has 25 heavy (non-hydrogen) atoms. The van der Waals surface area contributed by atoms with Crippen LogP contribution in [0.2, 0.25) is 0 Å². The van der Waals surface area contributed by atoms with E-state index in [1.54, 1.807) is 0 Å². The lowest BCUT2D eigenvalue weighted by atomic mass is 9.83. The van der Waals surface area contributed by atoms with E-state index in [1.807, 2.05) is 0 Å². The van der Waals surface area contributed by atoms with E-state index in [0.29, 0.717) is 11.3 Å². The molecular weight excluding hydrogens is 308 g/mol. The van der Waals surface area contributed by atoms with Crippen LogP contribution < -0.4 is 4.90 Å². The van der Waals surface area contributed by atoms with Gasteiger partial charge in [-0.2, -0.15) is 5.10 Å². The number of piperidine rings is 1. The third-order valence-electron chi connectivity index (χ3n) is 5.64. The molecule has 3 rings (SSSR count). The first-order valence-electron chi connectivity index (χ1n) is 9.49. The summed E-state index contributed by atoms with van der Waals surface area (Å²) in [6.45, 7) is 17.7. The molecule has 0 bridgehead atoms. The van der Waals surface area contributed by atoms with Gasteiger partial charge in [0, 0.05) is 18.8 Å². The predicted octanol–water partition coefficient (Wildman–Crippen LogP) is 4.94. The van der Waals surface area contributed by atoms with E-state index in [4.69, 9.17) is 10.1 Å². The van der Waals surface area contributed by atoms with E-state index in [2.05, 4.69) is 70.2 Å². The van der Waals surface area contributed by atoms with Gasteiger partial charge in [-0.1, -0.05) is 27.7 Å². The predicted molar refractivity (Wildman–Crippen MR) is 105 cm³/mol. The third kappa shape index (κ3) is 3.44. The van der Waals surface area contributed by atoms with Crippen LogP contribution in [0, 0.1) is 26.2 Å². The van der Waals surface area contributed by atoms with Gasteiger partial charge in [-0.05, 0) is 62.6 Å². The lowest BCUT2D eigenvalue weighted by Crippen LogP contribution is -2.37. The molecule has 0 radical (unpaired) electrons. The van der Waals surface area contributed by atoms with Gasteiger partial charge in [-0.15, -0.1) is 0 Å². The lowest BCUT2D eigenvalue weighted by Gasteiger charge is -2.37. The third-order valence-corrected chi connectivity index (χ3v) is 5.64. The second kappa shape index (κ2) is 6.47. The molecule has 0 unspecified atom stereocenters. The summed E-state index contributed by atoms with van der Waals surface area (Å²) < 4.78 is 2.07. The van der Waals surface area contributed by atoms with Crippen molar-refractivity contribution in [3.05, 3.63) is 34.8 Å². The molecule has 3 heterocycles. The zero-order valence-corrected chi connectivity index (χ0v) is 16.8. The first-order valence-corrected chi connectivity index (χ1v) is 9.49. The Bertz CT molecular complexity index is 760. The van der Waals surface area contributed by atoms with Crippen molar-refractivity contribution >= 4 is 5.82 Å². The van der Waals surface area contributed by atoms with Crippen molar-refractivity contribution < 1.29 is 0 Å². The Morgan fingerprint density at radius 1 is 1.00 bits per heavy atom. The number of hydrogen-bond acceptors (Lipinski definition) is 3. The number of rotatable bonds is 3. The van der Waals surface area contributed by atoms with E-state index in [0.717, 1.165) is 36.0 Å². The van der Waals surface area contributed by atoms with Crippen molar-refractivity contribution in [1.82, 2.24) is 14.8 Å². The molecule has 0 saturated carbocycles. The lowest BCUT2D eigenvalue weighted by molar-refractivity contribution is 0.279. The first kappa shape index (κ1) is 18.0. The molecule has 0 atom stereocenters. The molecule has 1 saturated heterocycles. The standard InChI is InChI=1S/C21H32N4/c1-14(2)20-16(4)23-25(17(20)5)18-8-9-19(22-15(18)3)24-12-10-21(6,7)11-13-24/h8-9,14H,10-13H2,1-7H3.